The summed E-state index contributed by atoms with van der Waals surface area (Å²) in [5.74, 6) is 0. The van der Waals surface area contributed by atoms with Crippen molar-refractivity contribution in [3.63, 3.8) is 0 Å². The van der Waals surface area contributed by atoms with E-state index in [-0.39, 0.29) is 0 Å². The van der Waals surface area contributed by atoms with Gasteiger partial charge in [-0.3, -0.25) is 0 Å². The zero-order valence-electron chi connectivity index (χ0n) is 30.6. The van der Waals surface area contributed by atoms with Crippen LogP contribution in [0, 0.1) is 0 Å². The maximum atomic E-state index is 3.95. The second kappa shape index (κ2) is 13.2. The lowest BCUT2D eigenvalue weighted by Gasteiger charge is -2.23. The molecule has 9 aromatic carbocycles. The highest BCUT2D eigenvalue weighted by atomic mass is 14.7. The fourth-order valence-electron chi connectivity index (χ4n) is 8.93. The van der Waals surface area contributed by atoms with Crippen LogP contribution >= 0.6 is 0 Å². The molecule has 0 saturated carbocycles. The lowest BCUT2D eigenvalue weighted by Crippen LogP contribution is -1.97. The van der Waals surface area contributed by atoms with Crippen LogP contribution < -0.4 is 0 Å². The molecule has 2 aromatic heterocycles. The molecule has 0 amide bonds. The van der Waals surface area contributed by atoms with E-state index < -0.39 is 0 Å². The predicted octanol–water partition coefficient (Wildman–Crippen LogP) is 15.0. The quantitative estimate of drug-likeness (QED) is 0.172. The van der Waals surface area contributed by atoms with Gasteiger partial charge in [0.05, 0.1) is 11.0 Å². The zero-order chi connectivity index (χ0) is 37.0. The van der Waals surface area contributed by atoms with Crippen LogP contribution in [0.5, 0.6) is 0 Å². The van der Waals surface area contributed by atoms with Crippen LogP contribution in [-0.2, 0) is 0 Å². The molecular formula is C54H36N2. The molecule has 56 heavy (non-hydrogen) atoms. The zero-order valence-corrected chi connectivity index (χ0v) is 30.6. The van der Waals surface area contributed by atoms with Crippen LogP contribution in [0.25, 0.3) is 110 Å². The smallest absolute Gasteiger partial charge is 0.0551 e. The first-order valence-electron chi connectivity index (χ1n) is 19.3. The van der Waals surface area contributed by atoms with Crippen LogP contribution in [0.1, 0.15) is 0 Å². The van der Waals surface area contributed by atoms with Crippen molar-refractivity contribution in [2.75, 3.05) is 0 Å². The Morgan fingerprint density at radius 1 is 0.232 bits per heavy atom. The van der Waals surface area contributed by atoms with E-state index in [0.29, 0.717) is 0 Å². The van der Waals surface area contributed by atoms with Crippen molar-refractivity contribution in [1.29, 1.82) is 0 Å². The van der Waals surface area contributed by atoms with Gasteiger partial charge in [0.25, 0.3) is 0 Å². The summed E-state index contributed by atoms with van der Waals surface area (Å²) in [5.41, 5.74) is 18.8. The summed E-state index contributed by atoms with van der Waals surface area (Å²) in [6.45, 7) is 0. The number of fused-ring (bicyclic) bond motifs is 6. The van der Waals surface area contributed by atoms with E-state index in [1.807, 2.05) is 0 Å². The standard InChI is InChI=1S/C54H36N2/c1-5-19-35(20-6-1)43-33-45-39-27-15-17-31-47(39)55-53(45)51(49(43)37-23-9-3-10-24-37)41-29-13-14-30-42(41)52-50(38-25-11-4-12-26-38)44(36-21-7-2-8-22-36)34-46-40-28-16-18-32-48(40)56-54(46)52/h1-34,55-56H. The largest absolute Gasteiger partial charge is 0.354 e. The predicted molar refractivity (Wildman–Crippen MR) is 238 cm³/mol. The topological polar surface area (TPSA) is 31.6 Å². The number of hydrogen-bond donors (Lipinski definition) is 2. The summed E-state index contributed by atoms with van der Waals surface area (Å²) < 4.78 is 0. The van der Waals surface area contributed by atoms with Crippen LogP contribution in [0.15, 0.2) is 206 Å². The molecule has 262 valence electrons. The lowest BCUT2D eigenvalue weighted by atomic mass is 9.80. The van der Waals surface area contributed by atoms with Gasteiger partial charge in [-0.15, -0.1) is 0 Å². The van der Waals surface area contributed by atoms with Gasteiger partial charge >= 0.3 is 0 Å². The van der Waals surface area contributed by atoms with Crippen molar-refractivity contribution in [3.05, 3.63) is 206 Å². The molecule has 0 saturated heterocycles. The fourth-order valence-corrected chi connectivity index (χ4v) is 8.93. The van der Waals surface area contributed by atoms with Gasteiger partial charge in [-0.2, -0.15) is 0 Å². The molecule has 0 unspecified atom stereocenters. The Morgan fingerprint density at radius 3 is 0.946 bits per heavy atom. The third kappa shape index (κ3) is 5.11. The van der Waals surface area contributed by atoms with E-state index >= 15 is 0 Å². The fraction of sp³-hybridized carbons (Fsp3) is 0. The molecule has 0 fully saturated rings. The van der Waals surface area contributed by atoms with Gasteiger partial charge in [0.2, 0.25) is 0 Å². The molecule has 0 aliphatic rings. The monoisotopic (exact) mass is 712 g/mol. The first-order chi connectivity index (χ1) is 27.8. The molecule has 2 heterocycles. The molecule has 2 N–H and O–H groups in total. The second-order valence-electron chi connectivity index (χ2n) is 14.5. The summed E-state index contributed by atoms with van der Waals surface area (Å²) in [6, 6.07) is 74.8. The summed E-state index contributed by atoms with van der Waals surface area (Å²) in [6.07, 6.45) is 0. The van der Waals surface area contributed by atoms with E-state index in [0.717, 1.165) is 22.1 Å². The van der Waals surface area contributed by atoms with E-state index in [4.69, 9.17) is 0 Å². The first kappa shape index (κ1) is 32.0. The van der Waals surface area contributed by atoms with E-state index in [1.165, 1.54) is 88.3 Å². The SMILES string of the molecule is c1ccc(-c2cc3c([nH]c4ccccc43)c(-c3ccccc3-c3c(-c4ccccc4)c(-c4ccccc4)cc4c3[nH]c3ccccc34)c2-c2ccccc2)cc1. The minimum Gasteiger partial charge on any atom is -0.354 e. The van der Waals surface area contributed by atoms with Gasteiger partial charge in [-0.25, -0.2) is 0 Å². The number of aromatic amines is 2. The Labute approximate surface area is 325 Å². The van der Waals surface area contributed by atoms with Crippen molar-refractivity contribution >= 4 is 43.6 Å². The summed E-state index contributed by atoms with van der Waals surface area (Å²) in [7, 11) is 0. The number of para-hydroxylation sites is 2. The van der Waals surface area contributed by atoms with Crippen molar-refractivity contribution in [3.8, 4) is 66.8 Å². The van der Waals surface area contributed by atoms with Crippen LogP contribution in [0.3, 0.4) is 0 Å². The lowest BCUT2D eigenvalue weighted by molar-refractivity contribution is 1.50. The summed E-state index contributed by atoms with van der Waals surface area (Å²) in [5, 5.41) is 4.85. The van der Waals surface area contributed by atoms with Gasteiger partial charge < -0.3 is 9.97 Å². The molecule has 11 aromatic rings. The number of H-pyrrole nitrogens is 2. The minimum atomic E-state index is 1.12. The Morgan fingerprint density at radius 2 is 0.554 bits per heavy atom. The Bertz CT molecular complexity index is 2990. The normalized spacial score (nSPS) is 11.6. The first-order valence-corrected chi connectivity index (χ1v) is 19.3. The van der Waals surface area contributed by atoms with Crippen molar-refractivity contribution in [2.24, 2.45) is 0 Å². The number of rotatable bonds is 6. The maximum Gasteiger partial charge on any atom is 0.0551 e. The molecule has 11 rings (SSSR count). The molecule has 2 heteroatoms. The minimum absolute atomic E-state index is 1.12. The summed E-state index contributed by atoms with van der Waals surface area (Å²) >= 11 is 0. The number of benzene rings is 9. The number of nitrogens with one attached hydrogen (secondary N) is 2. The van der Waals surface area contributed by atoms with Gasteiger partial charge in [0.1, 0.15) is 0 Å². The van der Waals surface area contributed by atoms with E-state index in [2.05, 4.69) is 216 Å². The Kier molecular flexibility index (Phi) is 7.53. The highest BCUT2D eigenvalue weighted by molar-refractivity contribution is 6.22. The van der Waals surface area contributed by atoms with Gasteiger partial charge in [-0.1, -0.05) is 182 Å². The van der Waals surface area contributed by atoms with Crippen molar-refractivity contribution in [1.82, 2.24) is 9.97 Å². The Hall–Kier alpha value is -7.42. The van der Waals surface area contributed by atoms with Gasteiger partial charge in [-0.05, 0) is 79.9 Å². The van der Waals surface area contributed by atoms with Crippen LogP contribution in [0.4, 0.5) is 0 Å². The maximum absolute atomic E-state index is 3.95. The van der Waals surface area contributed by atoms with Crippen molar-refractivity contribution < 1.29 is 0 Å². The number of aromatic nitrogens is 2. The highest BCUT2D eigenvalue weighted by Crippen LogP contribution is 2.52. The van der Waals surface area contributed by atoms with Gasteiger partial charge in [0.15, 0.2) is 0 Å². The highest BCUT2D eigenvalue weighted by Gasteiger charge is 2.27. The third-order valence-corrected chi connectivity index (χ3v) is 11.4. The molecule has 0 spiro atoms. The molecule has 0 bridgehead atoms. The molecule has 0 aliphatic heterocycles. The van der Waals surface area contributed by atoms with E-state index in [9.17, 15) is 0 Å². The average molecular weight is 713 g/mol. The van der Waals surface area contributed by atoms with E-state index in [1.54, 1.807) is 0 Å². The molecular weight excluding hydrogens is 677 g/mol. The van der Waals surface area contributed by atoms with Gasteiger partial charge in [0, 0.05) is 43.7 Å². The molecule has 2 nitrogen and oxygen atoms in total. The molecule has 0 atom stereocenters. The third-order valence-electron chi connectivity index (χ3n) is 11.4. The van der Waals surface area contributed by atoms with Crippen LogP contribution in [-0.4, -0.2) is 9.97 Å². The Balaban J connectivity index is 1.36. The average Bonchev–Trinajstić information content (AvgIpc) is 3.84. The second-order valence-corrected chi connectivity index (χ2v) is 14.5. The van der Waals surface area contributed by atoms with Crippen molar-refractivity contribution in [2.45, 2.75) is 0 Å². The molecule has 0 radical (unpaired) electrons. The van der Waals surface area contributed by atoms with Crippen LogP contribution in [0.2, 0.25) is 0 Å². The molecule has 0 aliphatic carbocycles. The summed E-state index contributed by atoms with van der Waals surface area (Å²) in [4.78, 5) is 7.89. The number of hydrogen-bond acceptors (Lipinski definition) is 0.